The van der Waals surface area contributed by atoms with Crippen LogP contribution in [0.5, 0.6) is 0 Å². The number of aryl methyl sites for hydroxylation is 1. The Labute approximate surface area is 145 Å². The maximum atomic E-state index is 12.9. The molecule has 1 aromatic heterocycles. The number of benzene rings is 1. The second-order valence-electron chi connectivity index (χ2n) is 6.21. The number of sulfonamides is 1. The standard InChI is InChI=1S/C16H18ClN3O3S/c1-10-6-14(13-7-12(17)2-3-15(13)19-10)16(21)20-5-4-11(8-20)9-24(18,22)23/h2-3,6-7,11H,4-5,8-9H2,1H3,(H2,18,22,23). The molecular weight excluding hydrogens is 350 g/mol. The third-order valence-electron chi connectivity index (χ3n) is 4.17. The van der Waals surface area contributed by atoms with Crippen molar-refractivity contribution in [1.82, 2.24) is 9.88 Å². The number of primary sulfonamides is 1. The second kappa shape index (κ2) is 6.31. The van der Waals surface area contributed by atoms with Gasteiger partial charge in [-0.2, -0.15) is 0 Å². The fourth-order valence-electron chi connectivity index (χ4n) is 3.16. The Balaban J connectivity index is 1.91. The SMILES string of the molecule is Cc1cc(C(=O)N2CCC(CS(N)(=O)=O)C2)c2cc(Cl)ccc2n1. The molecule has 8 heteroatoms. The molecule has 1 fully saturated rings. The normalized spacial score (nSPS) is 18.3. The van der Waals surface area contributed by atoms with E-state index in [1.807, 2.05) is 6.92 Å². The van der Waals surface area contributed by atoms with Gasteiger partial charge in [-0.3, -0.25) is 9.78 Å². The van der Waals surface area contributed by atoms with Crippen LogP contribution in [0.2, 0.25) is 5.02 Å². The fraction of sp³-hybridized carbons (Fsp3) is 0.375. The van der Waals surface area contributed by atoms with Crippen LogP contribution in [0, 0.1) is 12.8 Å². The number of rotatable bonds is 3. The zero-order valence-electron chi connectivity index (χ0n) is 13.2. The molecule has 24 heavy (non-hydrogen) atoms. The maximum absolute atomic E-state index is 12.9. The van der Waals surface area contributed by atoms with E-state index >= 15 is 0 Å². The summed E-state index contributed by atoms with van der Waals surface area (Å²) in [6.07, 6.45) is 0.630. The average Bonchev–Trinajstić information content (AvgIpc) is 2.92. The highest BCUT2D eigenvalue weighted by atomic mass is 35.5. The zero-order chi connectivity index (χ0) is 17.5. The monoisotopic (exact) mass is 367 g/mol. The molecule has 2 aromatic rings. The molecule has 1 unspecified atom stereocenters. The number of nitrogens with two attached hydrogens (primary N) is 1. The Morgan fingerprint density at radius 1 is 1.42 bits per heavy atom. The van der Waals surface area contributed by atoms with Crippen molar-refractivity contribution < 1.29 is 13.2 Å². The first-order valence-corrected chi connectivity index (χ1v) is 9.69. The van der Waals surface area contributed by atoms with Gasteiger partial charge in [-0.1, -0.05) is 11.6 Å². The van der Waals surface area contributed by atoms with Crippen molar-refractivity contribution >= 4 is 38.4 Å². The third kappa shape index (κ3) is 3.68. The van der Waals surface area contributed by atoms with Crippen LogP contribution in [0.25, 0.3) is 10.9 Å². The number of hydrogen-bond donors (Lipinski definition) is 1. The number of pyridine rings is 1. The minimum absolute atomic E-state index is 0.0985. The number of hydrogen-bond acceptors (Lipinski definition) is 4. The van der Waals surface area contributed by atoms with Gasteiger partial charge in [0.15, 0.2) is 0 Å². The zero-order valence-corrected chi connectivity index (χ0v) is 14.8. The number of nitrogens with zero attached hydrogens (tertiary/aromatic N) is 2. The highest BCUT2D eigenvalue weighted by Gasteiger charge is 2.30. The second-order valence-corrected chi connectivity index (χ2v) is 8.30. The van der Waals surface area contributed by atoms with E-state index in [1.54, 1.807) is 29.2 Å². The van der Waals surface area contributed by atoms with E-state index in [9.17, 15) is 13.2 Å². The van der Waals surface area contributed by atoms with Crippen molar-refractivity contribution in [2.75, 3.05) is 18.8 Å². The number of likely N-dealkylation sites (tertiary alicyclic amines) is 1. The molecule has 128 valence electrons. The number of carbonyl (C=O) groups excluding carboxylic acids is 1. The van der Waals surface area contributed by atoms with Crippen LogP contribution in [-0.4, -0.2) is 43.1 Å². The molecule has 1 saturated heterocycles. The number of aromatic nitrogens is 1. The quantitative estimate of drug-likeness (QED) is 0.897. The number of halogens is 1. The van der Waals surface area contributed by atoms with Gasteiger partial charge in [-0.25, -0.2) is 13.6 Å². The van der Waals surface area contributed by atoms with Gasteiger partial charge in [0.1, 0.15) is 0 Å². The van der Waals surface area contributed by atoms with Crippen LogP contribution < -0.4 is 5.14 Å². The average molecular weight is 368 g/mol. The molecule has 6 nitrogen and oxygen atoms in total. The highest BCUT2D eigenvalue weighted by Crippen LogP contribution is 2.26. The van der Waals surface area contributed by atoms with Crippen molar-refractivity contribution in [3.8, 4) is 0 Å². The Kier molecular flexibility index (Phi) is 4.50. The molecule has 1 aromatic carbocycles. The van der Waals surface area contributed by atoms with E-state index in [0.29, 0.717) is 41.0 Å². The molecular formula is C16H18ClN3O3S. The first kappa shape index (κ1) is 17.1. The summed E-state index contributed by atoms with van der Waals surface area (Å²) in [5.41, 5.74) is 1.99. The molecule has 3 rings (SSSR count). The van der Waals surface area contributed by atoms with Crippen LogP contribution in [0.15, 0.2) is 24.3 Å². The molecule has 2 N–H and O–H groups in total. The summed E-state index contributed by atoms with van der Waals surface area (Å²) in [5.74, 6) is -0.356. The van der Waals surface area contributed by atoms with Crippen molar-refractivity contribution in [1.29, 1.82) is 0 Å². The van der Waals surface area contributed by atoms with E-state index in [2.05, 4.69) is 4.98 Å². The molecule has 0 saturated carbocycles. The van der Waals surface area contributed by atoms with Crippen LogP contribution in [0.1, 0.15) is 22.5 Å². The van der Waals surface area contributed by atoms with Gasteiger partial charge in [0.05, 0.1) is 16.8 Å². The molecule has 1 atom stereocenters. The summed E-state index contributed by atoms with van der Waals surface area (Å²) >= 11 is 6.06. The van der Waals surface area contributed by atoms with Gasteiger partial charge < -0.3 is 4.90 Å². The van der Waals surface area contributed by atoms with E-state index in [-0.39, 0.29) is 17.6 Å². The molecule has 0 bridgehead atoms. The summed E-state index contributed by atoms with van der Waals surface area (Å²) < 4.78 is 22.5. The van der Waals surface area contributed by atoms with E-state index in [0.717, 1.165) is 5.69 Å². The smallest absolute Gasteiger partial charge is 0.254 e. The Morgan fingerprint density at radius 3 is 2.88 bits per heavy atom. The van der Waals surface area contributed by atoms with Crippen LogP contribution in [0.4, 0.5) is 0 Å². The minimum atomic E-state index is -3.53. The lowest BCUT2D eigenvalue weighted by molar-refractivity contribution is 0.0790. The van der Waals surface area contributed by atoms with Gasteiger partial charge in [-0.15, -0.1) is 0 Å². The third-order valence-corrected chi connectivity index (χ3v) is 5.34. The number of carbonyl (C=O) groups is 1. The molecule has 2 heterocycles. The largest absolute Gasteiger partial charge is 0.338 e. The van der Waals surface area contributed by atoms with Crippen molar-refractivity contribution in [2.45, 2.75) is 13.3 Å². The lowest BCUT2D eigenvalue weighted by Crippen LogP contribution is -2.31. The maximum Gasteiger partial charge on any atom is 0.254 e. The predicted octanol–water partition coefficient (Wildman–Crippen LogP) is 1.95. The summed E-state index contributed by atoms with van der Waals surface area (Å²) in [5, 5.41) is 6.34. The molecule has 1 aliphatic heterocycles. The molecule has 1 amide bonds. The molecule has 0 aliphatic carbocycles. The van der Waals surface area contributed by atoms with Gasteiger partial charge in [0, 0.05) is 29.2 Å². The van der Waals surface area contributed by atoms with Crippen molar-refractivity contribution in [3.63, 3.8) is 0 Å². The molecule has 1 aliphatic rings. The Morgan fingerprint density at radius 2 is 2.17 bits per heavy atom. The fourth-order valence-corrected chi connectivity index (χ4v) is 4.26. The van der Waals surface area contributed by atoms with Gasteiger partial charge in [0.25, 0.3) is 5.91 Å². The lowest BCUT2D eigenvalue weighted by atomic mass is 10.1. The summed E-state index contributed by atoms with van der Waals surface area (Å²) in [6, 6.07) is 7.00. The highest BCUT2D eigenvalue weighted by molar-refractivity contribution is 7.89. The summed E-state index contributed by atoms with van der Waals surface area (Å²) in [4.78, 5) is 19.0. The van der Waals surface area contributed by atoms with Gasteiger partial charge >= 0.3 is 0 Å². The minimum Gasteiger partial charge on any atom is -0.338 e. The summed E-state index contributed by atoms with van der Waals surface area (Å²) in [7, 11) is -3.53. The van der Waals surface area contributed by atoms with Gasteiger partial charge in [-0.05, 0) is 43.5 Å². The van der Waals surface area contributed by atoms with Crippen molar-refractivity contribution in [3.05, 3.63) is 40.5 Å². The molecule has 0 spiro atoms. The summed E-state index contributed by atoms with van der Waals surface area (Å²) in [6.45, 7) is 2.74. The topological polar surface area (TPSA) is 93.4 Å². The van der Waals surface area contributed by atoms with Crippen LogP contribution >= 0.6 is 11.6 Å². The van der Waals surface area contributed by atoms with Gasteiger partial charge in [0.2, 0.25) is 10.0 Å². The predicted molar refractivity (Wildman–Crippen MR) is 93.5 cm³/mol. The van der Waals surface area contributed by atoms with Crippen molar-refractivity contribution in [2.24, 2.45) is 11.1 Å². The number of amides is 1. The van der Waals surface area contributed by atoms with E-state index < -0.39 is 10.0 Å². The van der Waals surface area contributed by atoms with E-state index in [1.165, 1.54) is 0 Å². The number of fused-ring (bicyclic) bond motifs is 1. The van der Waals surface area contributed by atoms with E-state index in [4.69, 9.17) is 16.7 Å². The van der Waals surface area contributed by atoms with Crippen LogP contribution in [-0.2, 0) is 10.0 Å². The molecule has 0 radical (unpaired) electrons. The Bertz CT molecular complexity index is 914. The van der Waals surface area contributed by atoms with Crippen LogP contribution in [0.3, 0.4) is 0 Å². The first-order valence-electron chi connectivity index (χ1n) is 7.59. The Hall–Kier alpha value is -1.70. The first-order chi connectivity index (χ1) is 11.2. The lowest BCUT2D eigenvalue weighted by Gasteiger charge is -2.18.